The van der Waals surface area contributed by atoms with Crippen molar-refractivity contribution in [3.05, 3.63) is 42.0 Å². The first-order valence-corrected chi connectivity index (χ1v) is 8.00. The Morgan fingerprint density at radius 2 is 1.95 bits per heavy atom. The van der Waals surface area contributed by atoms with Crippen molar-refractivity contribution in [1.82, 2.24) is 0 Å². The van der Waals surface area contributed by atoms with Crippen LogP contribution in [0.5, 0.6) is 0 Å². The minimum atomic E-state index is -0.219. The van der Waals surface area contributed by atoms with Crippen LogP contribution < -0.4 is 0 Å². The molecule has 1 aliphatic rings. The highest BCUT2D eigenvalue weighted by Crippen LogP contribution is 2.35. The standard InChI is InChI=1S/C19H26O2/c1-14(2)17-11-9-15(3)13-18(17)21-19(20)12-10-16-7-5-4-6-8-16/h4-8,10,12,14-15,17-18H,9,11,13H2,1-3H3. The third-order valence-corrected chi connectivity index (χ3v) is 4.44. The summed E-state index contributed by atoms with van der Waals surface area (Å²) in [7, 11) is 0. The monoisotopic (exact) mass is 286 g/mol. The molecule has 0 aliphatic heterocycles. The molecule has 3 atom stereocenters. The second-order valence-electron chi connectivity index (χ2n) is 6.55. The third kappa shape index (κ3) is 4.73. The van der Waals surface area contributed by atoms with Crippen LogP contribution in [-0.2, 0) is 9.53 Å². The van der Waals surface area contributed by atoms with E-state index in [1.165, 1.54) is 12.8 Å². The zero-order valence-corrected chi connectivity index (χ0v) is 13.3. The highest BCUT2D eigenvalue weighted by Gasteiger charge is 2.32. The summed E-state index contributed by atoms with van der Waals surface area (Å²) in [6.07, 6.45) is 6.84. The maximum atomic E-state index is 12.1. The molecule has 0 amide bonds. The zero-order chi connectivity index (χ0) is 15.2. The Hall–Kier alpha value is -1.57. The molecular weight excluding hydrogens is 260 g/mol. The summed E-state index contributed by atoms with van der Waals surface area (Å²) in [5.41, 5.74) is 1.02. The van der Waals surface area contributed by atoms with Crippen LogP contribution in [-0.4, -0.2) is 12.1 Å². The molecule has 0 heterocycles. The fourth-order valence-corrected chi connectivity index (χ4v) is 3.17. The quantitative estimate of drug-likeness (QED) is 0.592. The number of carbonyl (C=O) groups is 1. The molecule has 0 spiro atoms. The summed E-state index contributed by atoms with van der Waals surface area (Å²) in [4.78, 5) is 12.1. The van der Waals surface area contributed by atoms with E-state index in [1.54, 1.807) is 6.08 Å². The van der Waals surface area contributed by atoms with Crippen molar-refractivity contribution in [3.63, 3.8) is 0 Å². The van der Waals surface area contributed by atoms with E-state index in [0.717, 1.165) is 12.0 Å². The molecule has 0 saturated heterocycles. The summed E-state index contributed by atoms with van der Waals surface area (Å²) >= 11 is 0. The van der Waals surface area contributed by atoms with Crippen LogP contribution in [0.3, 0.4) is 0 Å². The summed E-state index contributed by atoms with van der Waals surface area (Å²) in [6.45, 7) is 6.69. The zero-order valence-electron chi connectivity index (χ0n) is 13.3. The van der Waals surface area contributed by atoms with Gasteiger partial charge in [0.15, 0.2) is 0 Å². The number of rotatable bonds is 4. The van der Waals surface area contributed by atoms with E-state index in [1.807, 2.05) is 36.4 Å². The van der Waals surface area contributed by atoms with Gasteiger partial charge < -0.3 is 4.74 Å². The predicted molar refractivity (Wildman–Crippen MR) is 86.7 cm³/mol. The van der Waals surface area contributed by atoms with Gasteiger partial charge in [-0.3, -0.25) is 0 Å². The number of hydrogen-bond acceptors (Lipinski definition) is 2. The molecule has 0 radical (unpaired) electrons. The van der Waals surface area contributed by atoms with Crippen LogP contribution in [0.15, 0.2) is 36.4 Å². The van der Waals surface area contributed by atoms with E-state index in [2.05, 4.69) is 20.8 Å². The number of ether oxygens (including phenoxy) is 1. The number of benzene rings is 1. The van der Waals surface area contributed by atoms with Crippen molar-refractivity contribution < 1.29 is 9.53 Å². The summed E-state index contributed by atoms with van der Waals surface area (Å²) in [5.74, 6) is 1.49. The van der Waals surface area contributed by atoms with Gasteiger partial charge in [-0.2, -0.15) is 0 Å². The lowest BCUT2D eigenvalue weighted by Crippen LogP contribution is -2.35. The van der Waals surface area contributed by atoms with Crippen LogP contribution in [0.2, 0.25) is 0 Å². The molecule has 21 heavy (non-hydrogen) atoms. The molecule has 1 fully saturated rings. The lowest BCUT2D eigenvalue weighted by atomic mass is 9.75. The molecule has 1 aliphatic carbocycles. The minimum Gasteiger partial charge on any atom is -0.459 e. The van der Waals surface area contributed by atoms with Crippen molar-refractivity contribution in [3.8, 4) is 0 Å². The maximum Gasteiger partial charge on any atom is 0.331 e. The van der Waals surface area contributed by atoms with Crippen molar-refractivity contribution in [2.45, 2.75) is 46.1 Å². The topological polar surface area (TPSA) is 26.3 Å². The fourth-order valence-electron chi connectivity index (χ4n) is 3.17. The Morgan fingerprint density at radius 1 is 1.24 bits per heavy atom. The van der Waals surface area contributed by atoms with Gasteiger partial charge in [-0.25, -0.2) is 4.79 Å². The lowest BCUT2D eigenvalue weighted by molar-refractivity contribution is -0.149. The molecule has 1 saturated carbocycles. The van der Waals surface area contributed by atoms with E-state index in [-0.39, 0.29) is 12.1 Å². The van der Waals surface area contributed by atoms with Gasteiger partial charge in [0, 0.05) is 6.08 Å². The van der Waals surface area contributed by atoms with Crippen LogP contribution in [0, 0.1) is 17.8 Å². The smallest absolute Gasteiger partial charge is 0.331 e. The normalized spacial score (nSPS) is 26.2. The number of hydrogen-bond donors (Lipinski definition) is 0. The minimum absolute atomic E-state index is 0.0710. The second-order valence-corrected chi connectivity index (χ2v) is 6.55. The van der Waals surface area contributed by atoms with Gasteiger partial charge in [-0.05, 0) is 42.2 Å². The van der Waals surface area contributed by atoms with Gasteiger partial charge in [-0.1, -0.05) is 57.5 Å². The number of esters is 1. The van der Waals surface area contributed by atoms with Crippen LogP contribution >= 0.6 is 0 Å². The van der Waals surface area contributed by atoms with E-state index in [4.69, 9.17) is 4.74 Å². The molecule has 2 nitrogen and oxygen atoms in total. The molecule has 2 rings (SSSR count). The van der Waals surface area contributed by atoms with Gasteiger partial charge in [0.25, 0.3) is 0 Å². The first kappa shape index (κ1) is 15.8. The van der Waals surface area contributed by atoms with E-state index in [9.17, 15) is 4.79 Å². The van der Waals surface area contributed by atoms with Crippen LogP contribution in [0.4, 0.5) is 0 Å². The molecule has 2 heteroatoms. The van der Waals surface area contributed by atoms with E-state index in [0.29, 0.717) is 17.8 Å². The molecule has 3 unspecified atom stereocenters. The first-order chi connectivity index (χ1) is 10.1. The van der Waals surface area contributed by atoms with Crippen molar-refractivity contribution in [2.24, 2.45) is 17.8 Å². The average Bonchev–Trinajstić information content (AvgIpc) is 2.46. The summed E-state index contributed by atoms with van der Waals surface area (Å²) in [5, 5.41) is 0. The summed E-state index contributed by atoms with van der Waals surface area (Å²) in [6, 6.07) is 9.84. The number of carbonyl (C=O) groups excluding carboxylic acids is 1. The second kappa shape index (κ2) is 7.44. The Morgan fingerprint density at radius 3 is 2.62 bits per heavy atom. The SMILES string of the molecule is CC1CCC(C(C)C)C(OC(=O)C=Cc2ccccc2)C1. The van der Waals surface area contributed by atoms with Gasteiger partial charge in [0.2, 0.25) is 0 Å². The van der Waals surface area contributed by atoms with Crippen molar-refractivity contribution >= 4 is 12.0 Å². The average molecular weight is 286 g/mol. The molecule has 0 N–H and O–H groups in total. The highest BCUT2D eigenvalue weighted by molar-refractivity contribution is 5.87. The Balaban J connectivity index is 1.95. The Bertz CT molecular complexity index is 476. The maximum absolute atomic E-state index is 12.1. The van der Waals surface area contributed by atoms with Crippen LogP contribution in [0.25, 0.3) is 6.08 Å². The fraction of sp³-hybridized carbons (Fsp3) is 0.526. The molecule has 0 aromatic heterocycles. The van der Waals surface area contributed by atoms with E-state index >= 15 is 0 Å². The van der Waals surface area contributed by atoms with Gasteiger partial charge >= 0.3 is 5.97 Å². The Labute approximate surface area is 128 Å². The van der Waals surface area contributed by atoms with Gasteiger partial charge in [0.1, 0.15) is 6.10 Å². The van der Waals surface area contributed by atoms with Gasteiger partial charge in [0.05, 0.1) is 0 Å². The first-order valence-electron chi connectivity index (χ1n) is 8.00. The molecule has 0 bridgehead atoms. The van der Waals surface area contributed by atoms with E-state index < -0.39 is 0 Å². The van der Waals surface area contributed by atoms with Crippen LogP contribution in [0.1, 0.15) is 45.6 Å². The summed E-state index contributed by atoms with van der Waals surface area (Å²) < 4.78 is 5.73. The highest BCUT2D eigenvalue weighted by atomic mass is 16.5. The molecule has 114 valence electrons. The van der Waals surface area contributed by atoms with Crippen molar-refractivity contribution in [1.29, 1.82) is 0 Å². The largest absolute Gasteiger partial charge is 0.459 e. The Kier molecular flexibility index (Phi) is 5.60. The van der Waals surface area contributed by atoms with Gasteiger partial charge in [-0.15, -0.1) is 0 Å². The third-order valence-electron chi connectivity index (χ3n) is 4.44. The molecule has 1 aromatic rings. The molecular formula is C19H26O2. The predicted octanol–water partition coefficient (Wildman–Crippen LogP) is 4.70. The lowest BCUT2D eigenvalue weighted by Gasteiger charge is -2.36. The molecule has 1 aromatic carbocycles. The van der Waals surface area contributed by atoms with Crippen molar-refractivity contribution in [2.75, 3.05) is 0 Å².